The third-order valence-corrected chi connectivity index (χ3v) is 6.25. The molecule has 0 bridgehead atoms. The molecular weight excluding hydrogens is 380 g/mol. The summed E-state index contributed by atoms with van der Waals surface area (Å²) in [6, 6.07) is 3.98. The van der Waals surface area contributed by atoms with Gasteiger partial charge in [0.15, 0.2) is 11.5 Å². The number of hydrogen-bond acceptors (Lipinski definition) is 7. The summed E-state index contributed by atoms with van der Waals surface area (Å²) in [7, 11) is 4.94. The molecule has 0 aliphatic carbocycles. The second-order valence-corrected chi connectivity index (χ2v) is 8.27. The number of nitrogens with zero attached hydrogens (tertiary/aromatic N) is 4. The molecule has 1 saturated heterocycles. The SMILES string of the molecule is COc1ccc(CN2CCc3nc(N4CCC(C)CC4)ncc3C2)c(OC)c1OC. The van der Waals surface area contributed by atoms with Crippen molar-refractivity contribution in [3.63, 3.8) is 0 Å². The number of anilines is 1. The van der Waals surface area contributed by atoms with Crippen molar-refractivity contribution in [1.82, 2.24) is 14.9 Å². The summed E-state index contributed by atoms with van der Waals surface area (Å²) in [5, 5.41) is 0. The lowest BCUT2D eigenvalue weighted by Crippen LogP contribution is -2.35. The van der Waals surface area contributed by atoms with Crippen LogP contribution in [0.15, 0.2) is 18.3 Å². The molecule has 4 rings (SSSR count). The van der Waals surface area contributed by atoms with Gasteiger partial charge in [0.2, 0.25) is 11.7 Å². The zero-order valence-electron chi connectivity index (χ0n) is 18.5. The second-order valence-electron chi connectivity index (χ2n) is 8.27. The van der Waals surface area contributed by atoms with Crippen LogP contribution in [0, 0.1) is 5.92 Å². The highest BCUT2D eigenvalue weighted by atomic mass is 16.5. The van der Waals surface area contributed by atoms with Crippen molar-refractivity contribution in [3.05, 3.63) is 35.2 Å². The zero-order valence-corrected chi connectivity index (χ0v) is 18.5. The summed E-state index contributed by atoms with van der Waals surface area (Å²) < 4.78 is 16.6. The maximum atomic E-state index is 5.65. The summed E-state index contributed by atoms with van der Waals surface area (Å²) in [4.78, 5) is 14.3. The fourth-order valence-corrected chi connectivity index (χ4v) is 4.39. The molecule has 0 spiro atoms. The van der Waals surface area contributed by atoms with Crippen LogP contribution in [-0.4, -0.2) is 55.8 Å². The molecule has 0 radical (unpaired) electrons. The molecule has 1 fully saturated rings. The summed E-state index contributed by atoms with van der Waals surface area (Å²) in [5.41, 5.74) is 3.49. The Bertz CT molecular complexity index is 881. The van der Waals surface area contributed by atoms with Crippen LogP contribution in [-0.2, 0) is 19.5 Å². The summed E-state index contributed by atoms with van der Waals surface area (Å²) in [6.45, 7) is 7.01. The van der Waals surface area contributed by atoms with Crippen LogP contribution in [0.1, 0.15) is 36.6 Å². The first-order chi connectivity index (χ1) is 14.6. The standard InChI is InChI=1S/C23H32N4O3/c1-16-7-11-27(12-8-16)23-24-13-18-15-26(10-9-19(18)25-23)14-17-5-6-20(28-2)22(30-4)21(17)29-3/h5-6,13,16H,7-12,14-15H2,1-4H3. The van der Waals surface area contributed by atoms with Crippen LogP contribution in [0.2, 0.25) is 0 Å². The fraction of sp³-hybridized carbons (Fsp3) is 0.565. The molecule has 2 aromatic rings. The highest BCUT2D eigenvalue weighted by molar-refractivity contribution is 5.55. The van der Waals surface area contributed by atoms with Gasteiger partial charge in [-0.25, -0.2) is 9.97 Å². The van der Waals surface area contributed by atoms with Crippen LogP contribution in [0.4, 0.5) is 5.95 Å². The van der Waals surface area contributed by atoms with Crippen LogP contribution in [0.3, 0.4) is 0 Å². The van der Waals surface area contributed by atoms with E-state index in [1.165, 1.54) is 24.1 Å². The lowest BCUT2D eigenvalue weighted by atomic mass is 9.99. The molecule has 30 heavy (non-hydrogen) atoms. The molecule has 3 heterocycles. The quantitative estimate of drug-likeness (QED) is 0.721. The average molecular weight is 413 g/mol. The number of methoxy groups -OCH3 is 3. The van der Waals surface area contributed by atoms with Crippen LogP contribution < -0.4 is 19.1 Å². The highest BCUT2D eigenvalue weighted by Crippen LogP contribution is 2.40. The number of ether oxygens (including phenoxy) is 3. The third kappa shape index (κ3) is 4.17. The first kappa shape index (κ1) is 20.7. The normalized spacial score (nSPS) is 17.5. The van der Waals surface area contributed by atoms with Crippen molar-refractivity contribution >= 4 is 5.95 Å². The molecule has 0 unspecified atom stereocenters. The van der Waals surface area contributed by atoms with E-state index in [4.69, 9.17) is 24.2 Å². The monoisotopic (exact) mass is 412 g/mol. The van der Waals surface area contributed by atoms with E-state index in [0.717, 1.165) is 62.3 Å². The van der Waals surface area contributed by atoms with E-state index in [2.05, 4.69) is 16.7 Å². The number of piperidine rings is 1. The van der Waals surface area contributed by atoms with Gasteiger partial charge in [0.25, 0.3) is 0 Å². The number of benzene rings is 1. The van der Waals surface area contributed by atoms with Crippen molar-refractivity contribution in [3.8, 4) is 17.2 Å². The maximum absolute atomic E-state index is 5.65. The van der Waals surface area contributed by atoms with E-state index >= 15 is 0 Å². The lowest BCUT2D eigenvalue weighted by Gasteiger charge is -2.32. The smallest absolute Gasteiger partial charge is 0.225 e. The van der Waals surface area contributed by atoms with E-state index < -0.39 is 0 Å². The summed E-state index contributed by atoms with van der Waals surface area (Å²) in [5.74, 6) is 3.75. The molecule has 2 aliphatic heterocycles. The molecular formula is C23H32N4O3. The Labute approximate surface area is 179 Å². The lowest BCUT2D eigenvalue weighted by molar-refractivity contribution is 0.237. The molecule has 1 aromatic carbocycles. The van der Waals surface area contributed by atoms with E-state index in [1.807, 2.05) is 18.3 Å². The molecule has 7 nitrogen and oxygen atoms in total. The zero-order chi connectivity index (χ0) is 21.1. The Morgan fingerprint density at radius 3 is 2.47 bits per heavy atom. The Kier molecular flexibility index (Phi) is 6.27. The topological polar surface area (TPSA) is 60.0 Å². The summed E-state index contributed by atoms with van der Waals surface area (Å²) in [6.07, 6.45) is 5.40. The van der Waals surface area contributed by atoms with Gasteiger partial charge in [0, 0.05) is 56.5 Å². The van der Waals surface area contributed by atoms with Crippen molar-refractivity contribution < 1.29 is 14.2 Å². The molecule has 0 amide bonds. The first-order valence-electron chi connectivity index (χ1n) is 10.7. The van der Waals surface area contributed by atoms with Crippen molar-refractivity contribution in [2.75, 3.05) is 45.9 Å². The van der Waals surface area contributed by atoms with Gasteiger partial charge in [0.1, 0.15) is 0 Å². The van der Waals surface area contributed by atoms with Gasteiger partial charge in [-0.3, -0.25) is 4.90 Å². The predicted molar refractivity (Wildman–Crippen MR) is 117 cm³/mol. The molecule has 2 aliphatic rings. The van der Waals surface area contributed by atoms with Gasteiger partial charge >= 0.3 is 0 Å². The van der Waals surface area contributed by atoms with Gasteiger partial charge in [-0.15, -0.1) is 0 Å². The number of fused-ring (bicyclic) bond motifs is 1. The molecule has 0 N–H and O–H groups in total. The minimum atomic E-state index is 0.638. The molecule has 1 aromatic heterocycles. The minimum absolute atomic E-state index is 0.638. The Balaban J connectivity index is 1.47. The molecule has 7 heteroatoms. The second kappa shape index (κ2) is 9.08. The predicted octanol–water partition coefficient (Wildman–Crippen LogP) is 3.30. The molecule has 162 valence electrons. The van der Waals surface area contributed by atoms with Gasteiger partial charge in [-0.2, -0.15) is 0 Å². The third-order valence-electron chi connectivity index (χ3n) is 6.25. The van der Waals surface area contributed by atoms with E-state index in [1.54, 1.807) is 21.3 Å². The fourth-order valence-electron chi connectivity index (χ4n) is 4.39. The Morgan fingerprint density at radius 2 is 1.77 bits per heavy atom. The highest BCUT2D eigenvalue weighted by Gasteiger charge is 2.24. The minimum Gasteiger partial charge on any atom is -0.493 e. The Morgan fingerprint density at radius 1 is 1.00 bits per heavy atom. The van der Waals surface area contributed by atoms with Crippen molar-refractivity contribution in [2.45, 2.75) is 39.3 Å². The molecule has 0 atom stereocenters. The number of rotatable bonds is 6. The largest absolute Gasteiger partial charge is 0.493 e. The van der Waals surface area contributed by atoms with E-state index in [-0.39, 0.29) is 0 Å². The van der Waals surface area contributed by atoms with Gasteiger partial charge in [-0.05, 0) is 24.8 Å². The van der Waals surface area contributed by atoms with Crippen LogP contribution in [0.25, 0.3) is 0 Å². The first-order valence-corrected chi connectivity index (χ1v) is 10.7. The van der Waals surface area contributed by atoms with E-state index in [9.17, 15) is 0 Å². The van der Waals surface area contributed by atoms with Gasteiger partial charge in [0.05, 0.1) is 27.0 Å². The maximum Gasteiger partial charge on any atom is 0.225 e. The van der Waals surface area contributed by atoms with Crippen LogP contribution >= 0.6 is 0 Å². The van der Waals surface area contributed by atoms with Gasteiger partial charge < -0.3 is 19.1 Å². The number of aromatic nitrogens is 2. The van der Waals surface area contributed by atoms with E-state index in [0.29, 0.717) is 11.5 Å². The summed E-state index contributed by atoms with van der Waals surface area (Å²) >= 11 is 0. The van der Waals surface area contributed by atoms with Crippen LogP contribution in [0.5, 0.6) is 17.2 Å². The van der Waals surface area contributed by atoms with Crippen molar-refractivity contribution in [2.24, 2.45) is 5.92 Å². The van der Waals surface area contributed by atoms with Gasteiger partial charge in [-0.1, -0.05) is 13.0 Å². The molecule has 0 saturated carbocycles. The Hall–Kier alpha value is -2.54. The van der Waals surface area contributed by atoms with Crippen molar-refractivity contribution in [1.29, 1.82) is 0 Å². The average Bonchev–Trinajstić information content (AvgIpc) is 2.78. The number of hydrogen-bond donors (Lipinski definition) is 0.